The monoisotopic (exact) mass is 298 g/mol. The number of fused-ring (bicyclic) bond motifs is 2. The molecule has 2 nitrogen and oxygen atoms in total. The van der Waals surface area contributed by atoms with Crippen molar-refractivity contribution >= 4 is 42.8 Å². The first-order valence-corrected chi connectivity index (χ1v) is 7.80. The molecule has 0 amide bonds. The Labute approximate surface area is 123 Å². The third-order valence-corrected chi connectivity index (χ3v) is 5.83. The number of rotatable bonds is 1. The molecule has 0 spiro atoms. The number of aromatic hydroxyl groups is 2. The maximum absolute atomic E-state index is 10.4. The second kappa shape index (κ2) is 4.23. The third-order valence-electron chi connectivity index (χ3n) is 3.34. The molecule has 0 unspecified atom stereocenters. The Bertz CT molecular complexity index is 856. The lowest BCUT2D eigenvalue weighted by Crippen LogP contribution is -1.67. The van der Waals surface area contributed by atoms with Crippen LogP contribution in [0.2, 0.25) is 0 Å². The lowest BCUT2D eigenvalue weighted by atomic mass is 10.2. The van der Waals surface area contributed by atoms with Crippen molar-refractivity contribution in [3.63, 3.8) is 0 Å². The highest BCUT2D eigenvalue weighted by Crippen LogP contribution is 2.51. The second-order valence-electron chi connectivity index (χ2n) is 4.55. The first kappa shape index (κ1) is 11.8. The van der Waals surface area contributed by atoms with Crippen molar-refractivity contribution in [3.05, 3.63) is 48.5 Å². The van der Waals surface area contributed by atoms with Gasteiger partial charge < -0.3 is 10.2 Å². The highest BCUT2D eigenvalue weighted by molar-refractivity contribution is 7.29. The fourth-order valence-electron chi connectivity index (χ4n) is 2.37. The summed E-state index contributed by atoms with van der Waals surface area (Å²) in [5, 5.41) is 22.5. The minimum atomic E-state index is 0.257. The number of thiophene rings is 2. The summed E-state index contributed by atoms with van der Waals surface area (Å²) in [7, 11) is 0. The molecular formula is C16H10O2S2. The first-order chi connectivity index (χ1) is 9.75. The summed E-state index contributed by atoms with van der Waals surface area (Å²) < 4.78 is 2.05. The Morgan fingerprint density at radius 2 is 1.00 bits per heavy atom. The van der Waals surface area contributed by atoms with Crippen LogP contribution >= 0.6 is 22.7 Å². The van der Waals surface area contributed by atoms with Gasteiger partial charge in [-0.2, -0.15) is 0 Å². The summed E-state index contributed by atoms with van der Waals surface area (Å²) >= 11 is 3.01. The number of hydrogen-bond acceptors (Lipinski definition) is 4. The summed E-state index contributed by atoms with van der Waals surface area (Å²) in [6, 6.07) is 15.5. The van der Waals surface area contributed by atoms with Crippen LogP contribution < -0.4 is 0 Å². The van der Waals surface area contributed by atoms with E-state index in [2.05, 4.69) is 0 Å². The predicted octanol–water partition coefficient (Wildman–Crippen LogP) is 5.19. The van der Waals surface area contributed by atoms with E-state index in [0.29, 0.717) is 0 Å². The maximum atomic E-state index is 10.4. The zero-order valence-electron chi connectivity index (χ0n) is 10.3. The van der Waals surface area contributed by atoms with Gasteiger partial charge in [-0.1, -0.05) is 24.3 Å². The van der Waals surface area contributed by atoms with E-state index in [0.717, 1.165) is 29.9 Å². The molecular weight excluding hydrogens is 288 g/mol. The Hall–Kier alpha value is -2.04. The number of benzene rings is 2. The molecule has 0 aliphatic heterocycles. The molecule has 0 atom stereocenters. The summed E-state index contributed by atoms with van der Waals surface area (Å²) in [6.07, 6.45) is 0. The van der Waals surface area contributed by atoms with Crippen molar-refractivity contribution in [2.75, 3.05) is 0 Å². The van der Waals surface area contributed by atoms with Crippen molar-refractivity contribution < 1.29 is 10.2 Å². The minimum absolute atomic E-state index is 0.257. The van der Waals surface area contributed by atoms with Crippen molar-refractivity contribution in [1.82, 2.24) is 0 Å². The van der Waals surface area contributed by atoms with Crippen LogP contribution in [-0.4, -0.2) is 10.2 Å². The largest absolute Gasteiger partial charge is 0.506 e. The van der Waals surface area contributed by atoms with E-state index in [-0.39, 0.29) is 11.5 Å². The van der Waals surface area contributed by atoms with Crippen LogP contribution in [0.1, 0.15) is 0 Å². The molecule has 0 aliphatic carbocycles. The van der Waals surface area contributed by atoms with Gasteiger partial charge in [-0.25, -0.2) is 0 Å². The Balaban J connectivity index is 2.06. The van der Waals surface area contributed by atoms with E-state index in [1.165, 1.54) is 22.7 Å². The van der Waals surface area contributed by atoms with E-state index in [4.69, 9.17) is 0 Å². The van der Waals surface area contributed by atoms with Crippen LogP contribution in [0.5, 0.6) is 11.5 Å². The van der Waals surface area contributed by atoms with Gasteiger partial charge in [0, 0.05) is 20.2 Å². The molecule has 4 heteroatoms. The van der Waals surface area contributed by atoms with Gasteiger partial charge in [0.15, 0.2) is 0 Å². The predicted molar refractivity (Wildman–Crippen MR) is 86.0 cm³/mol. The van der Waals surface area contributed by atoms with Gasteiger partial charge in [0.2, 0.25) is 0 Å². The van der Waals surface area contributed by atoms with E-state index >= 15 is 0 Å². The molecule has 2 aromatic carbocycles. The summed E-state index contributed by atoms with van der Waals surface area (Å²) in [6.45, 7) is 0. The van der Waals surface area contributed by atoms with E-state index in [1.54, 1.807) is 0 Å². The van der Waals surface area contributed by atoms with Crippen molar-refractivity contribution in [2.45, 2.75) is 0 Å². The summed E-state index contributed by atoms with van der Waals surface area (Å²) in [5.41, 5.74) is 0. The smallest absolute Gasteiger partial charge is 0.142 e. The molecule has 0 bridgehead atoms. The Morgan fingerprint density at radius 1 is 0.600 bits per heavy atom. The van der Waals surface area contributed by atoms with Gasteiger partial charge in [0.1, 0.15) is 11.5 Å². The first-order valence-electron chi connectivity index (χ1n) is 6.17. The standard InChI is InChI=1S/C16H10O2S2/c17-13-9-5-1-3-7-11(9)19-15(13)16-14(18)10-6-2-4-8-12(10)20-16/h1-8,17-18H. The van der Waals surface area contributed by atoms with Crippen LogP contribution in [0.15, 0.2) is 48.5 Å². The lowest BCUT2D eigenvalue weighted by Gasteiger charge is -1.96. The van der Waals surface area contributed by atoms with E-state index in [9.17, 15) is 10.2 Å². The molecule has 2 aromatic heterocycles. The highest BCUT2D eigenvalue weighted by atomic mass is 32.1. The number of hydrogen-bond donors (Lipinski definition) is 2. The Morgan fingerprint density at radius 3 is 1.40 bits per heavy atom. The zero-order chi connectivity index (χ0) is 13.7. The topological polar surface area (TPSA) is 40.5 Å². The molecule has 0 radical (unpaired) electrons. The van der Waals surface area contributed by atoms with Gasteiger partial charge in [-0.05, 0) is 24.3 Å². The Kier molecular flexibility index (Phi) is 2.49. The van der Waals surface area contributed by atoms with Crippen LogP contribution in [0.4, 0.5) is 0 Å². The highest BCUT2D eigenvalue weighted by Gasteiger charge is 2.19. The molecule has 4 rings (SSSR count). The molecule has 4 aromatic rings. The second-order valence-corrected chi connectivity index (χ2v) is 6.66. The van der Waals surface area contributed by atoms with Crippen LogP contribution in [-0.2, 0) is 0 Å². The fraction of sp³-hybridized carbons (Fsp3) is 0. The third kappa shape index (κ3) is 1.55. The SMILES string of the molecule is Oc1c(-c2sc3ccccc3c2O)sc2ccccc12. The van der Waals surface area contributed by atoms with E-state index < -0.39 is 0 Å². The van der Waals surface area contributed by atoms with Gasteiger partial charge in [0.25, 0.3) is 0 Å². The molecule has 0 fully saturated rings. The molecule has 0 aliphatic rings. The van der Waals surface area contributed by atoms with Gasteiger partial charge in [-0.15, -0.1) is 22.7 Å². The van der Waals surface area contributed by atoms with Crippen LogP contribution in [0.25, 0.3) is 29.9 Å². The molecule has 98 valence electrons. The molecule has 0 saturated carbocycles. The summed E-state index contributed by atoms with van der Waals surface area (Å²) in [5.74, 6) is 0.514. The van der Waals surface area contributed by atoms with Crippen molar-refractivity contribution in [2.24, 2.45) is 0 Å². The van der Waals surface area contributed by atoms with Crippen LogP contribution in [0.3, 0.4) is 0 Å². The molecule has 0 saturated heterocycles. The molecule has 20 heavy (non-hydrogen) atoms. The summed E-state index contributed by atoms with van der Waals surface area (Å²) in [4.78, 5) is 1.48. The molecule has 2 heterocycles. The van der Waals surface area contributed by atoms with E-state index in [1.807, 2.05) is 48.5 Å². The van der Waals surface area contributed by atoms with Gasteiger partial charge in [-0.3, -0.25) is 0 Å². The zero-order valence-corrected chi connectivity index (χ0v) is 12.0. The fourth-order valence-corrected chi connectivity index (χ4v) is 4.70. The van der Waals surface area contributed by atoms with Crippen LogP contribution in [0, 0.1) is 0 Å². The van der Waals surface area contributed by atoms with Crippen molar-refractivity contribution in [1.29, 1.82) is 0 Å². The quantitative estimate of drug-likeness (QED) is 0.507. The normalized spacial score (nSPS) is 11.4. The average Bonchev–Trinajstić information content (AvgIpc) is 2.98. The van der Waals surface area contributed by atoms with Gasteiger partial charge >= 0.3 is 0 Å². The average molecular weight is 298 g/mol. The van der Waals surface area contributed by atoms with Crippen molar-refractivity contribution in [3.8, 4) is 21.3 Å². The maximum Gasteiger partial charge on any atom is 0.142 e. The lowest BCUT2D eigenvalue weighted by molar-refractivity contribution is 0.478. The minimum Gasteiger partial charge on any atom is -0.506 e. The molecule has 2 N–H and O–H groups in total. The van der Waals surface area contributed by atoms with Gasteiger partial charge in [0.05, 0.1) is 9.75 Å².